The summed E-state index contributed by atoms with van der Waals surface area (Å²) < 4.78 is 0. The lowest BCUT2D eigenvalue weighted by molar-refractivity contribution is 0.107. The molecule has 0 heterocycles. The second-order valence-corrected chi connectivity index (χ2v) is 11.0. The van der Waals surface area contributed by atoms with Crippen molar-refractivity contribution < 1.29 is 0 Å². The fraction of sp³-hybridized carbons (Fsp3) is 0.323. The number of hydrazone groups is 1. The SMILES string of the molecule is C=NN(C)C(C)(C)CC(c1ccccc1)N(/C=C(/C)SCc1ccc(C)cc1)Cc1ccccc1. The molecule has 0 radical (unpaired) electrons. The van der Waals surface area contributed by atoms with Crippen LogP contribution in [0.3, 0.4) is 0 Å². The zero-order valence-corrected chi connectivity index (χ0v) is 22.6. The van der Waals surface area contributed by atoms with Crippen molar-refractivity contribution in [2.45, 2.75) is 58.0 Å². The maximum Gasteiger partial charge on any atom is 0.0563 e. The number of hydrogen-bond donors (Lipinski definition) is 0. The van der Waals surface area contributed by atoms with Crippen LogP contribution in [0.2, 0.25) is 0 Å². The third kappa shape index (κ3) is 8.03. The Balaban J connectivity index is 1.93. The molecular weight excluding hydrogens is 446 g/mol. The molecule has 0 aliphatic carbocycles. The van der Waals surface area contributed by atoms with Gasteiger partial charge in [-0.1, -0.05) is 90.5 Å². The maximum absolute atomic E-state index is 4.23. The maximum atomic E-state index is 4.23. The molecule has 0 fully saturated rings. The second kappa shape index (κ2) is 12.6. The minimum atomic E-state index is -0.159. The van der Waals surface area contributed by atoms with E-state index in [1.807, 2.05) is 23.8 Å². The predicted molar refractivity (Wildman–Crippen MR) is 153 cm³/mol. The lowest BCUT2D eigenvalue weighted by atomic mass is 9.89. The fourth-order valence-electron chi connectivity index (χ4n) is 4.09. The van der Waals surface area contributed by atoms with Gasteiger partial charge in [0.2, 0.25) is 0 Å². The minimum absolute atomic E-state index is 0.159. The second-order valence-electron chi connectivity index (χ2n) is 9.78. The Morgan fingerprint density at radius 3 is 2.14 bits per heavy atom. The van der Waals surface area contributed by atoms with E-state index in [4.69, 9.17) is 0 Å². The van der Waals surface area contributed by atoms with Gasteiger partial charge in [-0.2, -0.15) is 5.10 Å². The Labute approximate surface area is 216 Å². The minimum Gasteiger partial charge on any atom is -0.365 e. The number of nitrogens with zero attached hydrogens (tertiary/aromatic N) is 3. The van der Waals surface area contributed by atoms with E-state index in [-0.39, 0.29) is 11.6 Å². The highest BCUT2D eigenvalue weighted by molar-refractivity contribution is 8.02. The standard InChI is InChI=1S/C31H39N3S/c1-25-17-19-28(20-18-25)24-35-26(2)22-34(23-27-13-9-7-10-14-27)30(29-15-11-8-12-16-29)21-31(3,4)33(6)32-5/h7-20,22,30H,5,21,23-24H2,1-4,6H3/b26-22-. The number of hydrogen-bond acceptors (Lipinski definition) is 4. The van der Waals surface area contributed by atoms with E-state index in [1.54, 1.807) is 0 Å². The smallest absolute Gasteiger partial charge is 0.0563 e. The van der Waals surface area contributed by atoms with Crippen LogP contribution in [0.5, 0.6) is 0 Å². The van der Waals surface area contributed by atoms with Gasteiger partial charge in [-0.3, -0.25) is 5.01 Å². The first-order chi connectivity index (χ1) is 16.8. The molecule has 0 amide bonds. The Morgan fingerprint density at radius 2 is 1.54 bits per heavy atom. The fourth-order valence-corrected chi connectivity index (χ4v) is 4.89. The van der Waals surface area contributed by atoms with Crippen LogP contribution in [0.4, 0.5) is 0 Å². The van der Waals surface area contributed by atoms with Crippen molar-refractivity contribution in [3.05, 3.63) is 118 Å². The van der Waals surface area contributed by atoms with Gasteiger partial charge >= 0.3 is 0 Å². The van der Waals surface area contributed by atoms with Gasteiger partial charge in [0, 0.05) is 32.3 Å². The van der Waals surface area contributed by atoms with Crippen molar-refractivity contribution in [1.82, 2.24) is 9.91 Å². The van der Waals surface area contributed by atoms with Gasteiger partial charge < -0.3 is 4.90 Å². The molecule has 0 aliphatic heterocycles. The number of benzene rings is 3. The molecule has 1 unspecified atom stereocenters. The average molecular weight is 486 g/mol. The van der Waals surface area contributed by atoms with Gasteiger partial charge in [0.05, 0.1) is 11.6 Å². The van der Waals surface area contributed by atoms with Crippen LogP contribution in [0, 0.1) is 6.92 Å². The van der Waals surface area contributed by atoms with Gasteiger partial charge in [0.15, 0.2) is 0 Å². The van der Waals surface area contributed by atoms with Gasteiger partial charge in [-0.25, -0.2) is 0 Å². The number of rotatable bonds is 12. The van der Waals surface area contributed by atoms with Crippen LogP contribution < -0.4 is 0 Å². The van der Waals surface area contributed by atoms with Gasteiger partial charge in [-0.15, -0.1) is 11.8 Å². The molecule has 0 bridgehead atoms. The average Bonchev–Trinajstić information content (AvgIpc) is 2.87. The molecule has 3 rings (SSSR count). The highest BCUT2D eigenvalue weighted by Crippen LogP contribution is 2.35. The summed E-state index contributed by atoms with van der Waals surface area (Å²) in [7, 11) is 2.01. The molecule has 35 heavy (non-hydrogen) atoms. The molecule has 3 nitrogen and oxygen atoms in total. The Morgan fingerprint density at radius 1 is 0.943 bits per heavy atom. The predicted octanol–water partition coefficient (Wildman–Crippen LogP) is 8.05. The lowest BCUT2D eigenvalue weighted by Crippen LogP contribution is -2.41. The van der Waals surface area contributed by atoms with Crippen LogP contribution >= 0.6 is 11.8 Å². The van der Waals surface area contributed by atoms with E-state index in [2.05, 4.69) is 136 Å². The van der Waals surface area contributed by atoms with E-state index in [1.165, 1.54) is 27.2 Å². The van der Waals surface area contributed by atoms with Crippen LogP contribution in [0.1, 0.15) is 55.5 Å². The monoisotopic (exact) mass is 485 g/mol. The van der Waals surface area contributed by atoms with Crippen LogP contribution in [-0.2, 0) is 12.3 Å². The molecule has 3 aromatic rings. The van der Waals surface area contributed by atoms with Gasteiger partial charge in [-0.05, 0) is 55.7 Å². The molecule has 0 saturated heterocycles. The van der Waals surface area contributed by atoms with Gasteiger partial charge in [0.25, 0.3) is 0 Å². The van der Waals surface area contributed by atoms with Crippen molar-refractivity contribution in [2.24, 2.45) is 5.10 Å². The first kappa shape index (κ1) is 26.6. The summed E-state index contributed by atoms with van der Waals surface area (Å²) in [5.74, 6) is 0.965. The van der Waals surface area contributed by atoms with Crippen molar-refractivity contribution in [3.8, 4) is 0 Å². The van der Waals surface area contributed by atoms with Crippen molar-refractivity contribution >= 4 is 18.5 Å². The zero-order valence-electron chi connectivity index (χ0n) is 21.8. The molecule has 0 saturated carbocycles. The summed E-state index contributed by atoms with van der Waals surface area (Å²) in [6.07, 6.45) is 3.26. The summed E-state index contributed by atoms with van der Waals surface area (Å²) >= 11 is 1.90. The van der Waals surface area contributed by atoms with E-state index >= 15 is 0 Å². The van der Waals surface area contributed by atoms with Crippen LogP contribution in [-0.4, -0.2) is 29.2 Å². The lowest BCUT2D eigenvalue weighted by Gasteiger charge is -2.40. The van der Waals surface area contributed by atoms with Crippen molar-refractivity contribution in [3.63, 3.8) is 0 Å². The normalized spacial score (nSPS) is 12.8. The summed E-state index contributed by atoms with van der Waals surface area (Å²) in [5, 5.41) is 6.20. The molecule has 1 atom stereocenters. The van der Waals surface area contributed by atoms with Crippen LogP contribution in [0.15, 0.2) is 101 Å². The number of aryl methyl sites for hydroxylation is 1. The molecule has 0 spiro atoms. The van der Waals surface area contributed by atoms with Crippen molar-refractivity contribution in [2.75, 3.05) is 7.05 Å². The van der Waals surface area contributed by atoms with Gasteiger partial charge in [0.1, 0.15) is 0 Å². The largest absolute Gasteiger partial charge is 0.365 e. The highest BCUT2D eigenvalue weighted by atomic mass is 32.2. The zero-order chi connectivity index (χ0) is 25.3. The molecule has 3 aromatic carbocycles. The molecule has 0 N–H and O–H groups in total. The Kier molecular flexibility index (Phi) is 9.62. The first-order valence-electron chi connectivity index (χ1n) is 12.2. The van der Waals surface area contributed by atoms with E-state index in [0.717, 1.165) is 18.7 Å². The van der Waals surface area contributed by atoms with Crippen LogP contribution in [0.25, 0.3) is 0 Å². The summed E-state index contributed by atoms with van der Waals surface area (Å²) in [5.41, 5.74) is 5.10. The molecule has 184 valence electrons. The third-order valence-electron chi connectivity index (χ3n) is 6.51. The summed E-state index contributed by atoms with van der Waals surface area (Å²) in [6.45, 7) is 13.4. The third-order valence-corrected chi connectivity index (χ3v) is 7.55. The topological polar surface area (TPSA) is 18.8 Å². The summed E-state index contributed by atoms with van der Waals surface area (Å²) in [6, 6.07) is 30.6. The van der Waals surface area contributed by atoms with E-state index < -0.39 is 0 Å². The Hall–Kier alpha value is -2.98. The Bertz CT molecular complexity index is 1080. The molecule has 0 aliphatic rings. The van der Waals surface area contributed by atoms with E-state index in [9.17, 15) is 0 Å². The van der Waals surface area contributed by atoms with Crippen molar-refractivity contribution in [1.29, 1.82) is 0 Å². The van der Waals surface area contributed by atoms with E-state index in [0.29, 0.717) is 0 Å². The highest BCUT2D eigenvalue weighted by Gasteiger charge is 2.30. The molecular formula is C31H39N3S. The quantitative estimate of drug-likeness (QED) is 0.191. The molecule has 0 aromatic heterocycles. The first-order valence-corrected chi connectivity index (χ1v) is 13.2. The molecule has 4 heteroatoms. The summed E-state index contributed by atoms with van der Waals surface area (Å²) in [4.78, 5) is 3.80. The number of allylic oxidation sites excluding steroid dienone is 1. The number of thioether (sulfide) groups is 1.